The number of sulfonamides is 2. The van der Waals surface area contributed by atoms with Gasteiger partial charge >= 0.3 is 0 Å². The number of phenols is 1. The molecule has 4 aromatic carbocycles. The molecule has 250 valence electrons. The van der Waals surface area contributed by atoms with Crippen molar-refractivity contribution >= 4 is 63.8 Å². The molecule has 10 nitrogen and oxygen atoms in total. The Balaban J connectivity index is 1.49. The van der Waals surface area contributed by atoms with Crippen LogP contribution in [0.2, 0.25) is 0 Å². The van der Waals surface area contributed by atoms with Gasteiger partial charge in [-0.1, -0.05) is 81.7 Å². The lowest BCUT2D eigenvalue weighted by Gasteiger charge is -2.53. The molecule has 2 aliphatic rings. The topological polar surface area (TPSA) is 123 Å². The maximum absolute atomic E-state index is 14.1. The number of halogens is 2. The zero-order valence-corrected chi connectivity index (χ0v) is 31.0. The van der Waals surface area contributed by atoms with Crippen LogP contribution in [0.1, 0.15) is 22.3 Å². The van der Waals surface area contributed by atoms with Crippen LogP contribution in [0.3, 0.4) is 0 Å². The molecule has 1 N–H and O–H groups in total. The first kappa shape index (κ1) is 34.6. The second kappa shape index (κ2) is 13.6. The zero-order chi connectivity index (χ0) is 34.3. The molecule has 48 heavy (non-hydrogen) atoms. The van der Waals surface area contributed by atoms with Crippen molar-refractivity contribution in [2.75, 3.05) is 33.0 Å². The van der Waals surface area contributed by atoms with E-state index in [1.165, 1.54) is 14.8 Å². The first-order chi connectivity index (χ1) is 22.8. The van der Waals surface area contributed by atoms with Crippen molar-refractivity contribution in [3.63, 3.8) is 0 Å². The van der Waals surface area contributed by atoms with Crippen LogP contribution in [0.5, 0.6) is 5.75 Å². The van der Waals surface area contributed by atoms with Crippen LogP contribution in [0.4, 0.5) is 0 Å². The number of nitrogens with zero attached hydrogens (tertiary/aromatic N) is 5. The molecule has 2 fully saturated rings. The summed E-state index contributed by atoms with van der Waals surface area (Å²) in [6.45, 7) is 4.01. The summed E-state index contributed by atoms with van der Waals surface area (Å²) >= 11 is 6.77. The van der Waals surface area contributed by atoms with Crippen LogP contribution in [0.25, 0.3) is 0 Å². The monoisotopic (exact) mass is 813 g/mol. The molecule has 2 bridgehead atoms. The molecule has 0 unspecified atom stereocenters. The van der Waals surface area contributed by atoms with Gasteiger partial charge in [0.1, 0.15) is 5.75 Å². The summed E-state index contributed by atoms with van der Waals surface area (Å²) in [5.74, 6) is -0.0242. The highest BCUT2D eigenvalue weighted by Crippen LogP contribution is 2.39. The molecular formula is C34H33Br2N5O5S2. The van der Waals surface area contributed by atoms with Gasteiger partial charge in [-0.25, -0.2) is 16.8 Å². The third-order valence-corrected chi connectivity index (χ3v) is 13.1. The second-order valence-corrected chi connectivity index (χ2v) is 17.8. The fourth-order valence-electron chi connectivity index (χ4n) is 6.11. The van der Waals surface area contributed by atoms with Gasteiger partial charge < -0.3 is 5.11 Å². The minimum Gasteiger partial charge on any atom is -0.506 e. The first-order valence-electron chi connectivity index (χ1n) is 15.0. The molecule has 0 aliphatic carbocycles. The predicted octanol–water partition coefficient (Wildman–Crippen LogP) is 5.97. The van der Waals surface area contributed by atoms with Gasteiger partial charge in [-0.05, 0) is 71.7 Å². The van der Waals surface area contributed by atoms with Gasteiger partial charge in [0, 0.05) is 29.7 Å². The lowest BCUT2D eigenvalue weighted by Crippen LogP contribution is -2.69. The Morgan fingerprint density at radius 1 is 0.771 bits per heavy atom. The average molecular weight is 816 g/mol. The fourth-order valence-corrected chi connectivity index (χ4v) is 10.4. The van der Waals surface area contributed by atoms with Crippen LogP contribution in [0.15, 0.2) is 120 Å². The van der Waals surface area contributed by atoms with E-state index in [9.17, 15) is 21.9 Å². The minimum atomic E-state index is -3.98. The van der Waals surface area contributed by atoms with E-state index < -0.39 is 25.5 Å². The second-order valence-electron chi connectivity index (χ2n) is 12.1. The molecule has 0 amide bonds. The maximum atomic E-state index is 14.1. The van der Waals surface area contributed by atoms with Gasteiger partial charge in [0.25, 0.3) is 0 Å². The first-order valence-corrected chi connectivity index (χ1v) is 19.5. The van der Waals surface area contributed by atoms with Crippen LogP contribution in [-0.2, 0) is 20.0 Å². The van der Waals surface area contributed by atoms with Crippen molar-refractivity contribution in [3.05, 3.63) is 122 Å². The van der Waals surface area contributed by atoms with Crippen LogP contribution >= 0.6 is 31.9 Å². The molecule has 0 saturated carbocycles. The summed E-state index contributed by atoms with van der Waals surface area (Å²) in [6, 6.07) is 26.0. The summed E-state index contributed by atoms with van der Waals surface area (Å²) in [5.41, 5.74) is 2.21. The molecule has 6 rings (SSSR count). The predicted molar refractivity (Wildman–Crippen MR) is 193 cm³/mol. The summed E-state index contributed by atoms with van der Waals surface area (Å²) in [5, 5.41) is 19.7. The van der Waals surface area contributed by atoms with Gasteiger partial charge in [0.15, 0.2) is 0 Å². The Bertz CT molecular complexity index is 2020. The highest BCUT2D eigenvalue weighted by Gasteiger charge is 2.53. The van der Waals surface area contributed by atoms with Gasteiger partial charge in [-0.2, -0.15) is 18.8 Å². The SMILES string of the molecule is Cc1ccc(S(=O)(=O)N2CN3CN(S(=O)(=O)c4ccc(C)cc4)CC(/C(=N/N=C\c4cc(Br)cc(Br)c4O)c4ccccc4)(C3)C2)cc1. The molecule has 0 radical (unpaired) electrons. The third-order valence-electron chi connectivity index (χ3n) is 8.48. The standard InChI is InChI=1S/C34H33Br2N5O5S2/c1-24-8-12-29(13-9-24)47(43,44)40-20-34(19-39(22-40)23-41(21-34)48(45,46)30-14-10-25(2)11-15-30)33(26-6-4-3-5-7-26)38-37-18-27-16-28(35)17-31(36)32(27)42/h3-18,42H,19-23H2,1-2H3/b37-18-,38-33+. The number of benzene rings is 4. The lowest BCUT2D eigenvalue weighted by molar-refractivity contribution is -0.00594. The Labute approximate surface area is 297 Å². The third kappa shape index (κ3) is 6.93. The van der Waals surface area contributed by atoms with Crippen molar-refractivity contribution in [2.24, 2.45) is 15.6 Å². The number of hydrogen-bond acceptors (Lipinski definition) is 8. The summed E-state index contributed by atoms with van der Waals surface area (Å²) in [4.78, 5) is 2.13. The average Bonchev–Trinajstić information content (AvgIpc) is 3.05. The Morgan fingerprint density at radius 2 is 1.29 bits per heavy atom. The largest absolute Gasteiger partial charge is 0.506 e. The highest BCUT2D eigenvalue weighted by atomic mass is 79.9. The highest BCUT2D eigenvalue weighted by molar-refractivity contribution is 9.11. The van der Waals surface area contributed by atoms with Crippen molar-refractivity contribution in [1.82, 2.24) is 13.5 Å². The van der Waals surface area contributed by atoms with E-state index in [1.807, 2.05) is 49.1 Å². The van der Waals surface area contributed by atoms with Crippen LogP contribution < -0.4 is 0 Å². The minimum absolute atomic E-state index is 0.0108. The van der Waals surface area contributed by atoms with Crippen molar-refractivity contribution < 1.29 is 21.9 Å². The normalized spacial score (nSPS) is 21.1. The van der Waals surface area contributed by atoms with E-state index in [1.54, 1.807) is 60.7 Å². The molecule has 0 aromatic heterocycles. The molecule has 0 spiro atoms. The number of fused-ring (bicyclic) bond motifs is 2. The van der Waals surface area contributed by atoms with Gasteiger partial charge in [0.05, 0.1) is 44.9 Å². The van der Waals surface area contributed by atoms with Crippen molar-refractivity contribution in [3.8, 4) is 5.75 Å². The number of aromatic hydroxyl groups is 1. The van der Waals surface area contributed by atoms with Gasteiger partial charge in [-0.3, -0.25) is 4.90 Å². The smallest absolute Gasteiger partial charge is 0.244 e. The van der Waals surface area contributed by atoms with E-state index in [2.05, 4.69) is 37.0 Å². The van der Waals surface area contributed by atoms with Gasteiger partial charge in [0.2, 0.25) is 20.0 Å². The molecule has 0 atom stereocenters. The number of aryl methyl sites for hydroxylation is 2. The van der Waals surface area contributed by atoms with E-state index >= 15 is 0 Å². The van der Waals surface area contributed by atoms with E-state index in [4.69, 9.17) is 5.10 Å². The fraction of sp³-hybridized carbons (Fsp3) is 0.235. The molecule has 2 saturated heterocycles. The van der Waals surface area contributed by atoms with E-state index in [0.29, 0.717) is 32.3 Å². The Hall–Kier alpha value is -3.24. The summed E-state index contributed by atoms with van der Waals surface area (Å²) in [7, 11) is -7.95. The Kier molecular flexibility index (Phi) is 9.79. The van der Waals surface area contributed by atoms with Crippen LogP contribution in [0, 0.1) is 19.3 Å². The summed E-state index contributed by atoms with van der Waals surface area (Å²) in [6.07, 6.45) is 1.41. The molecule has 14 heteroatoms. The number of rotatable bonds is 8. The molecular weight excluding hydrogens is 782 g/mol. The maximum Gasteiger partial charge on any atom is 0.244 e. The van der Waals surface area contributed by atoms with Crippen LogP contribution in [-0.4, -0.2) is 80.4 Å². The van der Waals surface area contributed by atoms with Crippen molar-refractivity contribution in [2.45, 2.75) is 23.6 Å². The lowest BCUT2D eigenvalue weighted by atomic mass is 9.76. The van der Waals surface area contributed by atoms with Gasteiger partial charge in [-0.15, -0.1) is 0 Å². The molecule has 2 heterocycles. The molecule has 2 aliphatic heterocycles. The van der Waals surface area contributed by atoms with Crippen molar-refractivity contribution in [1.29, 1.82) is 0 Å². The number of hydrogen-bond donors (Lipinski definition) is 1. The summed E-state index contributed by atoms with van der Waals surface area (Å²) < 4.78 is 60.5. The molecule has 4 aromatic rings. The van der Waals surface area contributed by atoms with E-state index in [0.717, 1.165) is 11.1 Å². The quantitative estimate of drug-likeness (QED) is 0.173. The zero-order valence-electron chi connectivity index (χ0n) is 26.2. The number of phenolic OH excluding ortho intramolecular Hbond substituents is 1. The Morgan fingerprint density at radius 3 is 1.81 bits per heavy atom. The van der Waals surface area contributed by atoms with E-state index in [-0.39, 0.29) is 42.0 Å².